The number of hydrogen-bond donors (Lipinski definition) is 2. The Balaban J connectivity index is 1.70. The summed E-state index contributed by atoms with van der Waals surface area (Å²) >= 11 is 0. The molecule has 1 fully saturated rings. The Bertz CT molecular complexity index is 998. The fourth-order valence-corrected chi connectivity index (χ4v) is 5.28. The van der Waals surface area contributed by atoms with Crippen LogP contribution in [0.1, 0.15) is 28.7 Å². The number of rotatable bonds is 7. The van der Waals surface area contributed by atoms with E-state index in [1.165, 1.54) is 0 Å². The highest BCUT2D eigenvalue weighted by atomic mass is 16.7. The van der Waals surface area contributed by atoms with Gasteiger partial charge in [-0.1, -0.05) is 0 Å². The van der Waals surface area contributed by atoms with Crippen LogP contribution in [0.5, 0.6) is 28.7 Å². The lowest BCUT2D eigenvalue weighted by molar-refractivity contribution is -0.140. The molecule has 2 aromatic rings. The highest BCUT2D eigenvalue weighted by Gasteiger charge is 2.52. The van der Waals surface area contributed by atoms with Gasteiger partial charge in [0.25, 0.3) is 0 Å². The van der Waals surface area contributed by atoms with Crippen molar-refractivity contribution in [2.75, 3.05) is 47.9 Å². The quantitative estimate of drug-likeness (QED) is 0.643. The normalized spacial score (nSPS) is 27.1. The Kier molecular flexibility index (Phi) is 5.96. The van der Waals surface area contributed by atoms with E-state index in [1.807, 2.05) is 24.3 Å². The maximum atomic E-state index is 11.3. The molecule has 0 saturated carbocycles. The van der Waals surface area contributed by atoms with Crippen LogP contribution in [0.15, 0.2) is 24.3 Å². The van der Waals surface area contributed by atoms with Crippen LogP contribution in [-0.2, 0) is 9.47 Å². The predicted octanol–water partition coefficient (Wildman–Crippen LogP) is 2.22. The Morgan fingerprint density at radius 2 is 1.61 bits per heavy atom. The second-order valence-electron chi connectivity index (χ2n) is 8.25. The van der Waals surface area contributed by atoms with Crippen LogP contribution in [0.4, 0.5) is 0 Å². The fraction of sp³-hybridized carbons (Fsp3) is 0.500. The molecular formula is C24H28O9. The van der Waals surface area contributed by atoms with Crippen LogP contribution < -0.4 is 23.7 Å². The molecule has 0 radical (unpaired) electrons. The molecule has 2 aliphatic heterocycles. The van der Waals surface area contributed by atoms with Crippen molar-refractivity contribution in [1.29, 1.82) is 0 Å². The van der Waals surface area contributed by atoms with Gasteiger partial charge in [0.05, 0.1) is 47.3 Å². The van der Waals surface area contributed by atoms with Gasteiger partial charge < -0.3 is 43.4 Å². The summed E-state index contributed by atoms with van der Waals surface area (Å²) in [6.45, 7) is 0.488. The van der Waals surface area contributed by atoms with Crippen molar-refractivity contribution in [2.24, 2.45) is 11.8 Å². The number of ether oxygens (including phenoxy) is 7. The number of benzene rings is 2. The predicted molar refractivity (Wildman–Crippen MR) is 115 cm³/mol. The molecule has 0 spiro atoms. The zero-order valence-corrected chi connectivity index (χ0v) is 18.8. The molecular weight excluding hydrogens is 432 g/mol. The lowest BCUT2D eigenvalue weighted by Crippen LogP contribution is -2.37. The van der Waals surface area contributed by atoms with Crippen molar-refractivity contribution in [3.8, 4) is 28.7 Å². The summed E-state index contributed by atoms with van der Waals surface area (Å²) in [6.07, 6.45) is -1.36. The summed E-state index contributed by atoms with van der Waals surface area (Å²) < 4.78 is 39.8. The zero-order valence-electron chi connectivity index (χ0n) is 18.8. The van der Waals surface area contributed by atoms with Gasteiger partial charge in [0.2, 0.25) is 12.5 Å². The van der Waals surface area contributed by atoms with E-state index in [2.05, 4.69) is 0 Å². The molecule has 2 aromatic carbocycles. The van der Waals surface area contributed by atoms with Crippen molar-refractivity contribution in [3.05, 3.63) is 41.0 Å². The molecule has 9 heteroatoms. The van der Waals surface area contributed by atoms with E-state index in [1.54, 1.807) is 21.3 Å². The van der Waals surface area contributed by atoms with E-state index in [4.69, 9.17) is 33.2 Å². The molecule has 1 aliphatic carbocycles. The second kappa shape index (κ2) is 8.90. The molecule has 5 rings (SSSR count). The Morgan fingerprint density at radius 1 is 0.939 bits per heavy atom. The summed E-state index contributed by atoms with van der Waals surface area (Å²) in [5.74, 6) is 2.13. The lowest BCUT2D eigenvalue weighted by Gasteiger charge is -2.40. The van der Waals surface area contributed by atoms with Crippen molar-refractivity contribution < 1.29 is 43.4 Å². The molecule has 2 heterocycles. The van der Waals surface area contributed by atoms with Crippen LogP contribution in [0.25, 0.3) is 0 Å². The van der Waals surface area contributed by atoms with Gasteiger partial charge in [-0.05, 0) is 41.0 Å². The minimum absolute atomic E-state index is 0.121. The van der Waals surface area contributed by atoms with Crippen LogP contribution in [-0.4, -0.2) is 64.4 Å². The first-order valence-electron chi connectivity index (χ1n) is 10.9. The smallest absolute Gasteiger partial charge is 0.231 e. The minimum atomic E-state index is -0.763. The van der Waals surface area contributed by atoms with Gasteiger partial charge in [-0.15, -0.1) is 0 Å². The molecule has 1 saturated heterocycles. The molecule has 5 atom stereocenters. The third-order valence-electron chi connectivity index (χ3n) is 6.70. The molecule has 3 aliphatic rings. The third kappa shape index (κ3) is 3.56. The van der Waals surface area contributed by atoms with Crippen LogP contribution in [0.3, 0.4) is 0 Å². The van der Waals surface area contributed by atoms with Crippen molar-refractivity contribution in [3.63, 3.8) is 0 Å². The molecule has 1 unspecified atom stereocenters. The molecule has 9 nitrogen and oxygen atoms in total. The van der Waals surface area contributed by atoms with Gasteiger partial charge >= 0.3 is 0 Å². The Morgan fingerprint density at radius 3 is 2.21 bits per heavy atom. The SMILES string of the molecule is COc1cc([C@@H]2c3cc4c(cc3[C@H](O)[C@H]3COC(OCCO)[C@H]23)OCO4)cc(OC)c1OC. The van der Waals surface area contributed by atoms with Crippen molar-refractivity contribution in [2.45, 2.75) is 18.3 Å². The monoisotopic (exact) mass is 460 g/mol. The third-order valence-corrected chi connectivity index (χ3v) is 6.70. The molecule has 2 N–H and O–H groups in total. The van der Waals surface area contributed by atoms with Gasteiger partial charge in [-0.3, -0.25) is 0 Å². The average molecular weight is 460 g/mol. The topological polar surface area (TPSA) is 105 Å². The number of aliphatic hydroxyl groups excluding tert-OH is 2. The van der Waals surface area contributed by atoms with E-state index >= 15 is 0 Å². The molecule has 0 amide bonds. The van der Waals surface area contributed by atoms with Gasteiger partial charge in [-0.2, -0.15) is 0 Å². The first-order valence-corrected chi connectivity index (χ1v) is 10.9. The summed E-state index contributed by atoms with van der Waals surface area (Å²) in [5, 5.41) is 20.6. The molecule has 0 bridgehead atoms. The molecule has 33 heavy (non-hydrogen) atoms. The first-order chi connectivity index (χ1) is 16.1. The maximum absolute atomic E-state index is 11.3. The van der Waals surface area contributed by atoms with E-state index in [-0.39, 0.29) is 37.8 Å². The van der Waals surface area contributed by atoms with E-state index in [0.29, 0.717) is 35.4 Å². The van der Waals surface area contributed by atoms with Gasteiger partial charge in [-0.25, -0.2) is 0 Å². The zero-order chi connectivity index (χ0) is 23.1. The number of aliphatic hydroxyl groups is 2. The van der Waals surface area contributed by atoms with Crippen molar-refractivity contribution >= 4 is 0 Å². The van der Waals surface area contributed by atoms with Gasteiger partial charge in [0.15, 0.2) is 29.3 Å². The minimum Gasteiger partial charge on any atom is -0.493 e. The summed E-state index contributed by atoms with van der Waals surface area (Å²) in [6, 6.07) is 7.60. The highest BCUT2D eigenvalue weighted by Crippen LogP contribution is 2.56. The Hall–Kier alpha value is -2.72. The van der Waals surface area contributed by atoms with E-state index in [0.717, 1.165) is 16.7 Å². The highest BCUT2D eigenvalue weighted by molar-refractivity contribution is 5.59. The average Bonchev–Trinajstić information content (AvgIpc) is 3.48. The standard InChI is InChI=1S/C24H28O9/c1-27-18-6-12(7-19(28-2)23(18)29-3)20-13-8-16-17(33-11-32-16)9-14(13)22(26)15-10-31-24(21(15)20)30-5-4-25/h6-9,15,20-22,24-26H,4-5,10-11H2,1-3H3/t15-,20+,21-,22-,24?/m0/s1. The number of hydrogen-bond acceptors (Lipinski definition) is 9. The number of fused-ring (bicyclic) bond motifs is 3. The van der Waals surface area contributed by atoms with Gasteiger partial charge in [0, 0.05) is 17.8 Å². The fourth-order valence-electron chi connectivity index (χ4n) is 5.28. The van der Waals surface area contributed by atoms with Crippen LogP contribution in [0, 0.1) is 11.8 Å². The second-order valence-corrected chi connectivity index (χ2v) is 8.25. The Labute approximate surface area is 191 Å². The lowest BCUT2D eigenvalue weighted by atomic mass is 9.66. The summed E-state index contributed by atoms with van der Waals surface area (Å²) in [4.78, 5) is 0. The van der Waals surface area contributed by atoms with Crippen LogP contribution >= 0.6 is 0 Å². The summed E-state index contributed by atoms with van der Waals surface area (Å²) in [7, 11) is 4.71. The van der Waals surface area contributed by atoms with Crippen molar-refractivity contribution in [1.82, 2.24) is 0 Å². The van der Waals surface area contributed by atoms with Gasteiger partial charge in [0.1, 0.15) is 0 Å². The van der Waals surface area contributed by atoms with E-state index in [9.17, 15) is 10.2 Å². The molecule has 0 aromatic heterocycles. The van der Waals surface area contributed by atoms with Crippen LogP contribution in [0.2, 0.25) is 0 Å². The van der Waals surface area contributed by atoms with E-state index < -0.39 is 12.4 Å². The summed E-state index contributed by atoms with van der Waals surface area (Å²) in [5.41, 5.74) is 2.56. The first kappa shape index (κ1) is 22.1. The molecule has 178 valence electrons. The maximum Gasteiger partial charge on any atom is 0.231 e. The number of methoxy groups -OCH3 is 3. The largest absolute Gasteiger partial charge is 0.493 e.